The van der Waals surface area contributed by atoms with Crippen molar-refractivity contribution in [2.24, 2.45) is 5.92 Å². The number of fused-ring (bicyclic) bond motifs is 1. The van der Waals surface area contributed by atoms with E-state index in [1.54, 1.807) is 0 Å². The number of hydrogen-bond donors (Lipinski definition) is 1. The fraction of sp³-hybridized carbons (Fsp3) is 0.941. The minimum Gasteiger partial charge on any atom is -0.322 e. The summed E-state index contributed by atoms with van der Waals surface area (Å²) in [6, 6.07) is 1.22. The van der Waals surface area contributed by atoms with Crippen LogP contribution in [0, 0.1) is 5.92 Å². The fourth-order valence-corrected chi connectivity index (χ4v) is 4.82. The van der Waals surface area contributed by atoms with Crippen LogP contribution in [0.3, 0.4) is 0 Å². The highest BCUT2D eigenvalue weighted by molar-refractivity contribution is 5.92. The van der Waals surface area contributed by atoms with Crippen LogP contribution in [0.5, 0.6) is 0 Å². The van der Waals surface area contributed by atoms with Crippen LogP contribution in [0.25, 0.3) is 0 Å². The number of amides is 1. The number of nitrogens with zero attached hydrogens (tertiary/aromatic N) is 2. The van der Waals surface area contributed by atoms with E-state index in [2.05, 4.69) is 29.0 Å². The summed E-state index contributed by atoms with van der Waals surface area (Å²) in [6.45, 7) is 7.01. The average Bonchev–Trinajstić information content (AvgIpc) is 2.97. The Morgan fingerprint density at radius 2 is 2.05 bits per heavy atom. The standard InChI is InChI=1S/C17H29N3O/c1-12(2)10-15-18-17(6-7-17)16(21)20(15)14-5-9-19-8-3-4-13(19)11-14/h12-15,18H,3-11H2,1-2H3. The van der Waals surface area contributed by atoms with Crippen molar-refractivity contribution in [3.8, 4) is 0 Å². The van der Waals surface area contributed by atoms with Gasteiger partial charge in [-0.2, -0.15) is 0 Å². The molecule has 3 aliphatic heterocycles. The number of rotatable bonds is 3. The molecule has 0 radical (unpaired) electrons. The maximum atomic E-state index is 12.9. The molecular formula is C17H29N3O. The topological polar surface area (TPSA) is 35.6 Å². The van der Waals surface area contributed by atoms with Crippen molar-refractivity contribution >= 4 is 5.91 Å². The second kappa shape index (κ2) is 4.95. The van der Waals surface area contributed by atoms with Gasteiger partial charge in [0.15, 0.2) is 0 Å². The monoisotopic (exact) mass is 291 g/mol. The lowest BCUT2D eigenvalue weighted by atomic mass is 9.95. The smallest absolute Gasteiger partial charge is 0.244 e. The first-order valence-electron chi connectivity index (χ1n) is 8.93. The first-order valence-corrected chi connectivity index (χ1v) is 8.93. The molecule has 0 aromatic rings. The molecule has 0 aromatic carbocycles. The SMILES string of the molecule is CC(C)CC1NC2(CC2)C(=O)N1C1CCN2CCCC2C1. The number of nitrogens with one attached hydrogen (secondary N) is 1. The van der Waals surface area contributed by atoms with E-state index in [4.69, 9.17) is 0 Å². The quantitative estimate of drug-likeness (QED) is 0.863. The van der Waals surface area contributed by atoms with Crippen molar-refractivity contribution in [2.45, 2.75) is 82.6 Å². The summed E-state index contributed by atoms with van der Waals surface area (Å²) >= 11 is 0. The number of piperidine rings is 1. The molecule has 118 valence electrons. The van der Waals surface area contributed by atoms with Crippen LogP contribution in [-0.4, -0.2) is 52.6 Å². The molecule has 0 aromatic heterocycles. The van der Waals surface area contributed by atoms with Crippen LogP contribution >= 0.6 is 0 Å². The largest absolute Gasteiger partial charge is 0.322 e. The predicted molar refractivity (Wildman–Crippen MR) is 82.8 cm³/mol. The van der Waals surface area contributed by atoms with Crippen LogP contribution in [0.15, 0.2) is 0 Å². The molecule has 1 saturated carbocycles. The molecule has 4 heteroatoms. The summed E-state index contributed by atoms with van der Waals surface area (Å²) in [7, 11) is 0. The zero-order valence-electron chi connectivity index (χ0n) is 13.5. The van der Waals surface area contributed by atoms with Gasteiger partial charge in [-0.3, -0.25) is 10.1 Å². The van der Waals surface area contributed by atoms with Crippen molar-refractivity contribution < 1.29 is 4.79 Å². The third-order valence-corrected chi connectivity index (χ3v) is 6.05. The fourth-order valence-electron chi connectivity index (χ4n) is 4.82. The molecule has 4 nitrogen and oxygen atoms in total. The predicted octanol–water partition coefficient (Wildman–Crippen LogP) is 1.95. The number of carbonyl (C=O) groups excluding carboxylic acids is 1. The van der Waals surface area contributed by atoms with Crippen molar-refractivity contribution in [3.63, 3.8) is 0 Å². The van der Waals surface area contributed by atoms with Gasteiger partial charge in [0, 0.05) is 18.6 Å². The van der Waals surface area contributed by atoms with E-state index in [9.17, 15) is 4.79 Å². The van der Waals surface area contributed by atoms with E-state index in [1.165, 1.54) is 38.8 Å². The van der Waals surface area contributed by atoms with E-state index < -0.39 is 0 Å². The highest BCUT2D eigenvalue weighted by atomic mass is 16.2. The van der Waals surface area contributed by atoms with E-state index in [1.807, 2.05) is 0 Å². The van der Waals surface area contributed by atoms with Crippen molar-refractivity contribution in [1.29, 1.82) is 0 Å². The van der Waals surface area contributed by atoms with Gasteiger partial charge >= 0.3 is 0 Å². The molecule has 3 saturated heterocycles. The van der Waals surface area contributed by atoms with Crippen molar-refractivity contribution in [1.82, 2.24) is 15.1 Å². The molecule has 1 N–H and O–H groups in total. The number of carbonyl (C=O) groups is 1. The zero-order valence-corrected chi connectivity index (χ0v) is 13.5. The molecule has 4 rings (SSSR count). The molecule has 3 heterocycles. The van der Waals surface area contributed by atoms with Gasteiger partial charge < -0.3 is 9.80 Å². The Morgan fingerprint density at radius 1 is 1.24 bits per heavy atom. The Kier molecular flexibility index (Phi) is 3.30. The molecule has 4 aliphatic rings. The van der Waals surface area contributed by atoms with E-state index in [0.717, 1.165) is 25.3 Å². The summed E-state index contributed by atoms with van der Waals surface area (Å²) in [5, 5.41) is 3.69. The Labute approximate surface area is 128 Å². The Hall–Kier alpha value is -0.610. The van der Waals surface area contributed by atoms with Gasteiger partial charge in [-0.05, 0) is 57.4 Å². The minimum atomic E-state index is -0.146. The second-order valence-electron chi connectivity index (χ2n) is 8.09. The van der Waals surface area contributed by atoms with Crippen molar-refractivity contribution in [3.05, 3.63) is 0 Å². The van der Waals surface area contributed by atoms with Crippen LogP contribution in [-0.2, 0) is 4.79 Å². The molecule has 0 bridgehead atoms. The van der Waals surface area contributed by atoms with Crippen molar-refractivity contribution in [2.75, 3.05) is 13.1 Å². The van der Waals surface area contributed by atoms with E-state index in [0.29, 0.717) is 17.9 Å². The van der Waals surface area contributed by atoms with Gasteiger partial charge in [0.1, 0.15) is 0 Å². The highest BCUT2D eigenvalue weighted by Crippen LogP contribution is 2.45. The van der Waals surface area contributed by atoms with Crippen LogP contribution in [0.1, 0.15) is 58.8 Å². The summed E-state index contributed by atoms with van der Waals surface area (Å²) in [5.74, 6) is 1.06. The normalized spacial score (nSPS) is 38.5. The maximum Gasteiger partial charge on any atom is 0.244 e. The highest BCUT2D eigenvalue weighted by Gasteiger charge is 2.60. The average molecular weight is 291 g/mol. The Balaban J connectivity index is 1.52. The van der Waals surface area contributed by atoms with E-state index in [-0.39, 0.29) is 11.7 Å². The first-order chi connectivity index (χ1) is 10.1. The second-order valence-corrected chi connectivity index (χ2v) is 8.09. The minimum absolute atomic E-state index is 0.146. The van der Waals surface area contributed by atoms with Gasteiger partial charge in [0.05, 0.1) is 11.7 Å². The van der Waals surface area contributed by atoms with Crippen LogP contribution < -0.4 is 5.32 Å². The zero-order chi connectivity index (χ0) is 14.6. The van der Waals surface area contributed by atoms with Gasteiger partial charge in [0.25, 0.3) is 0 Å². The Morgan fingerprint density at radius 3 is 2.76 bits per heavy atom. The summed E-state index contributed by atoms with van der Waals surface area (Å²) in [5.41, 5.74) is -0.146. The summed E-state index contributed by atoms with van der Waals surface area (Å²) in [4.78, 5) is 17.9. The van der Waals surface area contributed by atoms with Crippen LogP contribution in [0.2, 0.25) is 0 Å². The van der Waals surface area contributed by atoms with Gasteiger partial charge in [0.2, 0.25) is 5.91 Å². The molecular weight excluding hydrogens is 262 g/mol. The Bertz CT molecular complexity index is 432. The molecule has 4 fully saturated rings. The molecule has 3 unspecified atom stereocenters. The molecule has 1 aliphatic carbocycles. The molecule has 1 amide bonds. The van der Waals surface area contributed by atoms with Gasteiger partial charge in [-0.25, -0.2) is 0 Å². The van der Waals surface area contributed by atoms with Gasteiger partial charge in [-0.1, -0.05) is 13.8 Å². The van der Waals surface area contributed by atoms with E-state index >= 15 is 0 Å². The molecule has 21 heavy (non-hydrogen) atoms. The van der Waals surface area contributed by atoms with Crippen LogP contribution in [0.4, 0.5) is 0 Å². The lowest BCUT2D eigenvalue weighted by Crippen LogP contribution is -2.52. The lowest BCUT2D eigenvalue weighted by molar-refractivity contribution is -0.134. The third kappa shape index (κ3) is 2.31. The third-order valence-electron chi connectivity index (χ3n) is 6.05. The van der Waals surface area contributed by atoms with Gasteiger partial charge in [-0.15, -0.1) is 0 Å². The number of hydrogen-bond acceptors (Lipinski definition) is 3. The molecule has 1 spiro atoms. The maximum absolute atomic E-state index is 12.9. The summed E-state index contributed by atoms with van der Waals surface area (Å²) < 4.78 is 0. The first kappa shape index (κ1) is 14.0. The molecule has 3 atom stereocenters. The summed E-state index contributed by atoms with van der Waals surface area (Å²) in [6.07, 6.45) is 8.57. The lowest BCUT2D eigenvalue weighted by Gasteiger charge is -2.41.